The average molecular weight is 207 g/mol. The highest BCUT2D eigenvalue weighted by molar-refractivity contribution is 5.21. The molecule has 0 aromatic carbocycles. The van der Waals surface area contributed by atoms with Gasteiger partial charge in [0.15, 0.2) is 0 Å². The van der Waals surface area contributed by atoms with Crippen molar-refractivity contribution in [3.05, 3.63) is 23.3 Å². The normalized spacial score (nSPS) is 21.6. The largest absolute Gasteiger partial charge is 0.392 e. The molecular formula is C11H17N3O. The summed E-state index contributed by atoms with van der Waals surface area (Å²) < 4.78 is 0. The maximum atomic E-state index is 9.24. The van der Waals surface area contributed by atoms with Crippen LogP contribution in [-0.4, -0.2) is 28.2 Å². The molecule has 1 atom stereocenters. The van der Waals surface area contributed by atoms with Crippen LogP contribution in [0.2, 0.25) is 0 Å². The van der Waals surface area contributed by atoms with Gasteiger partial charge < -0.3 is 10.4 Å². The molecule has 2 N–H and O–H groups in total. The molecule has 0 spiro atoms. The van der Waals surface area contributed by atoms with Gasteiger partial charge in [0.05, 0.1) is 12.3 Å². The molecular weight excluding hydrogens is 190 g/mol. The summed E-state index contributed by atoms with van der Waals surface area (Å²) in [6.07, 6.45) is 4.07. The molecule has 2 rings (SSSR count). The summed E-state index contributed by atoms with van der Waals surface area (Å²) >= 11 is 0. The molecule has 0 saturated carbocycles. The lowest BCUT2D eigenvalue weighted by molar-refractivity contribution is 0.277. The fourth-order valence-electron chi connectivity index (χ4n) is 2.07. The number of aliphatic hydroxyl groups excluding tert-OH is 1. The Kier molecular flexibility index (Phi) is 3.28. The molecule has 4 nitrogen and oxygen atoms in total. The Balaban J connectivity index is 2.27. The number of aromatic nitrogens is 2. The number of nitrogens with zero attached hydrogens (tertiary/aromatic N) is 2. The van der Waals surface area contributed by atoms with Gasteiger partial charge in [0.1, 0.15) is 5.82 Å². The summed E-state index contributed by atoms with van der Waals surface area (Å²) in [6, 6.07) is 0. The van der Waals surface area contributed by atoms with Gasteiger partial charge in [-0.1, -0.05) is 0 Å². The molecule has 1 unspecified atom stereocenters. The van der Waals surface area contributed by atoms with Gasteiger partial charge >= 0.3 is 0 Å². The lowest BCUT2D eigenvalue weighted by atomic mass is 9.93. The Bertz CT molecular complexity index is 335. The zero-order chi connectivity index (χ0) is 10.7. The minimum Gasteiger partial charge on any atom is -0.392 e. The standard InChI is InChI=1S/C11H17N3O/c1-8-13-6-10(7-15)11(14-8)9-3-2-4-12-5-9/h6,9,12,15H,2-5,7H2,1H3. The third-order valence-corrected chi connectivity index (χ3v) is 2.87. The van der Waals surface area contributed by atoms with E-state index in [0.29, 0.717) is 5.92 Å². The Morgan fingerprint density at radius 2 is 2.47 bits per heavy atom. The summed E-state index contributed by atoms with van der Waals surface area (Å²) in [7, 11) is 0. The number of rotatable bonds is 2. The molecule has 15 heavy (non-hydrogen) atoms. The van der Waals surface area contributed by atoms with Crippen molar-refractivity contribution in [3.8, 4) is 0 Å². The maximum Gasteiger partial charge on any atom is 0.125 e. The summed E-state index contributed by atoms with van der Waals surface area (Å²) in [5.74, 6) is 1.22. The Hall–Kier alpha value is -1.00. The molecule has 1 aliphatic rings. The van der Waals surface area contributed by atoms with E-state index in [1.54, 1.807) is 6.20 Å². The van der Waals surface area contributed by atoms with Crippen LogP contribution in [0.15, 0.2) is 6.20 Å². The van der Waals surface area contributed by atoms with Crippen LogP contribution < -0.4 is 5.32 Å². The van der Waals surface area contributed by atoms with E-state index in [2.05, 4.69) is 15.3 Å². The van der Waals surface area contributed by atoms with Crippen LogP contribution in [0.1, 0.15) is 35.8 Å². The number of aryl methyl sites for hydroxylation is 1. The highest BCUT2D eigenvalue weighted by Crippen LogP contribution is 2.24. The third-order valence-electron chi connectivity index (χ3n) is 2.87. The van der Waals surface area contributed by atoms with Crippen molar-refractivity contribution in [1.29, 1.82) is 0 Å². The van der Waals surface area contributed by atoms with Crippen LogP contribution in [0.4, 0.5) is 0 Å². The van der Waals surface area contributed by atoms with Gasteiger partial charge in [-0.3, -0.25) is 0 Å². The number of aliphatic hydroxyl groups is 1. The van der Waals surface area contributed by atoms with E-state index in [-0.39, 0.29) is 6.61 Å². The van der Waals surface area contributed by atoms with Gasteiger partial charge in [-0.2, -0.15) is 0 Å². The van der Waals surface area contributed by atoms with Gasteiger partial charge in [-0.05, 0) is 26.3 Å². The smallest absolute Gasteiger partial charge is 0.125 e. The summed E-state index contributed by atoms with van der Waals surface area (Å²) in [6.45, 7) is 3.98. The number of hydrogen-bond donors (Lipinski definition) is 2. The van der Waals surface area contributed by atoms with Gasteiger partial charge in [-0.25, -0.2) is 9.97 Å². The predicted molar refractivity (Wildman–Crippen MR) is 57.5 cm³/mol. The van der Waals surface area contributed by atoms with Crippen molar-refractivity contribution < 1.29 is 5.11 Å². The number of hydrogen-bond acceptors (Lipinski definition) is 4. The second-order valence-electron chi connectivity index (χ2n) is 4.03. The van der Waals surface area contributed by atoms with Crippen LogP contribution in [0.5, 0.6) is 0 Å². The first-order valence-corrected chi connectivity index (χ1v) is 5.45. The zero-order valence-electron chi connectivity index (χ0n) is 9.03. The second kappa shape index (κ2) is 4.68. The lowest BCUT2D eigenvalue weighted by Crippen LogP contribution is -2.29. The molecule has 1 aromatic heterocycles. The van der Waals surface area contributed by atoms with E-state index in [1.165, 1.54) is 6.42 Å². The third kappa shape index (κ3) is 2.33. The van der Waals surface area contributed by atoms with E-state index in [4.69, 9.17) is 0 Å². The Morgan fingerprint density at radius 1 is 1.60 bits per heavy atom. The average Bonchev–Trinajstić information content (AvgIpc) is 2.30. The molecule has 1 aromatic rings. The molecule has 0 aliphatic carbocycles. The van der Waals surface area contributed by atoms with Crippen LogP contribution in [0.3, 0.4) is 0 Å². The van der Waals surface area contributed by atoms with E-state index in [0.717, 1.165) is 36.6 Å². The molecule has 2 heterocycles. The van der Waals surface area contributed by atoms with Crippen LogP contribution in [0, 0.1) is 6.92 Å². The molecule has 0 bridgehead atoms. The number of nitrogens with one attached hydrogen (secondary N) is 1. The van der Waals surface area contributed by atoms with E-state index >= 15 is 0 Å². The molecule has 82 valence electrons. The second-order valence-corrected chi connectivity index (χ2v) is 4.03. The zero-order valence-corrected chi connectivity index (χ0v) is 9.03. The van der Waals surface area contributed by atoms with Crippen molar-refractivity contribution in [2.75, 3.05) is 13.1 Å². The highest BCUT2D eigenvalue weighted by Gasteiger charge is 2.19. The van der Waals surface area contributed by atoms with Gasteiger partial charge in [-0.15, -0.1) is 0 Å². The molecule has 1 saturated heterocycles. The van der Waals surface area contributed by atoms with Crippen molar-refractivity contribution in [2.24, 2.45) is 0 Å². The molecule has 1 aliphatic heterocycles. The minimum atomic E-state index is 0.0338. The fraction of sp³-hybridized carbons (Fsp3) is 0.636. The van der Waals surface area contributed by atoms with Crippen molar-refractivity contribution in [3.63, 3.8) is 0 Å². The van der Waals surface area contributed by atoms with Gasteiger partial charge in [0.2, 0.25) is 0 Å². The van der Waals surface area contributed by atoms with Crippen LogP contribution in [-0.2, 0) is 6.61 Å². The Labute approximate surface area is 89.8 Å². The van der Waals surface area contributed by atoms with Gasteiger partial charge in [0, 0.05) is 24.2 Å². The van der Waals surface area contributed by atoms with Crippen molar-refractivity contribution in [1.82, 2.24) is 15.3 Å². The molecule has 4 heteroatoms. The number of piperidine rings is 1. The van der Waals surface area contributed by atoms with E-state index < -0.39 is 0 Å². The maximum absolute atomic E-state index is 9.24. The minimum absolute atomic E-state index is 0.0338. The van der Waals surface area contributed by atoms with Crippen LogP contribution >= 0.6 is 0 Å². The monoisotopic (exact) mass is 207 g/mol. The first kappa shape index (κ1) is 10.5. The quantitative estimate of drug-likeness (QED) is 0.751. The summed E-state index contributed by atoms with van der Waals surface area (Å²) in [4.78, 5) is 8.57. The lowest BCUT2D eigenvalue weighted by Gasteiger charge is -2.23. The molecule has 1 fully saturated rings. The summed E-state index contributed by atoms with van der Waals surface area (Å²) in [5, 5.41) is 12.6. The van der Waals surface area contributed by atoms with Crippen molar-refractivity contribution >= 4 is 0 Å². The first-order valence-electron chi connectivity index (χ1n) is 5.45. The SMILES string of the molecule is Cc1ncc(CO)c(C2CCCNC2)n1. The summed E-state index contributed by atoms with van der Waals surface area (Å²) in [5.41, 5.74) is 1.89. The van der Waals surface area contributed by atoms with E-state index in [9.17, 15) is 5.11 Å². The van der Waals surface area contributed by atoms with Crippen molar-refractivity contribution in [2.45, 2.75) is 32.3 Å². The van der Waals surface area contributed by atoms with Gasteiger partial charge in [0.25, 0.3) is 0 Å². The highest BCUT2D eigenvalue weighted by atomic mass is 16.3. The Morgan fingerprint density at radius 3 is 3.13 bits per heavy atom. The van der Waals surface area contributed by atoms with E-state index in [1.807, 2.05) is 6.92 Å². The van der Waals surface area contributed by atoms with Crippen LogP contribution in [0.25, 0.3) is 0 Å². The topological polar surface area (TPSA) is 58.0 Å². The predicted octanol–water partition coefficient (Wildman–Crippen LogP) is 0.744. The fourth-order valence-corrected chi connectivity index (χ4v) is 2.07. The molecule has 0 amide bonds. The first-order chi connectivity index (χ1) is 7.31. The molecule has 0 radical (unpaired) electrons.